The van der Waals surface area contributed by atoms with Gasteiger partial charge in [-0.1, -0.05) is 12.1 Å². The third-order valence-corrected chi connectivity index (χ3v) is 4.45. The maximum atomic E-state index is 12.8. The van der Waals surface area contributed by atoms with E-state index in [9.17, 15) is 27.9 Å². The molecule has 0 aromatic heterocycles. The molecular formula is C17H20F3NO4. The van der Waals surface area contributed by atoms with Gasteiger partial charge in [-0.25, -0.2) is 0 Å². The van der Waals surface area contributed by atoms with Crippen molar-refractivity contribution >= 4 is 11.9 Å². The Morgan fingerprint density at radius 1 is 1.16 bits per heavy atom. The van der Waals surface area contributed by atoms with Crippen LogP contribution in [0.5, 0.6) is 0 Å². The van der Waals surface area contributed by atoms with Gasteiger partial charge in [0.1, 0.15) is 0 Å². The first-order valence-electron chi connectivity index (χ1n) is 8.01. The van der Waals surface area contributed by atoms with Crippen molar-refractivity contribution in [1.29, 1.82) is 0 Å². The number of aliphatic carboxylic acids is 1. The largest absolute Gasteiger partial charge is 0.481 e. The molecule has 2 N–H and O–H groups in total. The maximum Gasteiger partial charge on any atom is 0.416 e. The number of nitrogens with zero attached hydrogens (tertiary/aromatic N) is 1. The molecule has 0 aliphatic carbocycles. The number of hydrogen-bond acceptors (Lipinski definition) is 3. The normalized spacial score (nSPS) is 17.4. The lowest BCUT2D eigenvalue weighted by molar-refractivity contribution is -0.138. The molecule has 25 heavy (non-hydrogen) atoms. The van der Waals surface area contributed by atoms with Gasteiger partial charge in [-0.3, -0.25) is 9.59 Å². The van der Waals surface area contributed by atoms with Crippen molar-refractivity contribution in [2.75, 3.05) is 13.1 Å². The molecule has 2 rings (SSSR count). The van der Waals surface area contributed by atoms with Crippen LogP contribution in [0.1, 0.15) is 43.2 Å². The summed E-state index contributed by atoms with van der Waals surface area (Å²) in [6, 6.07) is 4.62. The summed E-state index contributed by atoms with van der Waals surface area (Å²) in [5.74, 6) is -1.17. The first kappa shape index (κ1) is 19.2. The van der Waals surface area contributed by atoms with E-state index in [0.29, 0.717) is 0 Å². The Balaban J connectivity index is 1.98. The summed E-state index contributed by atoms with van der Waals surface area (Å²) in [5.41, 5.74) is -2.02. The first-order chi connectivity index (χ1) is 11.6. The van der Waals surface area contributed by atoms with Crippen molar-refractivity contribution in [3.8, 4) is 0 Å². The number of likely N-dealkylation sites (tertiary alicyclic amines) is 1. The van der Waals surface area contributed by atoms with Crippen molar-refractivity contribution in [1.82, 2.24) is 4.90 Å². The van der Waals surface area contributed by atoms with Crippen molar-refractivity contribution in [2.24, 2.45) is 0 Å². The van der Waals surface area contributed by atoms with Gasteiger partial charge in [0.15, 0.2) is 0 Å². The lowest BCUT2D eigenvalue weighted by atomic mass is 9.83. The number of halogens is 3. The third kappa shape index (κ3) is 4.94. The highest BCUT2D eigenvalue weighted by Crippen LogP contribution is 2.36. The fourth-order valence-electron chi connectivity index (χ4n) is 2.95. The maximum absolute atomic E-state index is 12.8. The quantitative estimate of drug-likeness (QED) is 0.847. The van der Waals surface area contributed by atoms with E-state index in [-0.39, 0.29) is 56.7 Å². The lowest BCUT2D eigenvalue weighted by Gasteiger charge is -2.38. The van der Waals surface area contributed by atoms with Gasteiger partial charge in [0.25, 0.3) is 0 Å². The van der Waals surface area contributed by atoms with E-state index >= 15 is 0 Å². The molecule has 0 spiro atoms. The number of benzene rings is 1. The predicted molar refractivity (Wildman–Crippen MR) is 82.6 cm³/mol. The number of alkyl halides is 3. The van der Waals surface area contributed by atoms with Crippen LogP contribution in [0.15, 0.2) is 24.3 Å². The minimum Gasteiger partial charge on any atom is -0.481 e. The molecule has 0 atom stereocenters. The van der Waals surface area contributed by atoms with Crippen molar-refractivity contribution < 1.29 is 33.0 Å². The summed E-state index contributed by atoms with van der Waals surface area (Å²) in [7, 11) is 0. The highest BCUT2D eigenvalue weighted by molar-refractivity contribution is 5.77. The van der Waals surface area contributed by atoms with Crippen LogP contribution in [-0.4, -0.2) is 40.1 Å². The second-order valence-corrected chi connectivity index (χ2v) is 6.24. The average molecular weight is 359 g/mol. The van der Waals surface area contributed by atoms with E-state index in [4.69, 9.17) is 5.11 Å². The smallest absolute Gasteiger partial charge is 0.416 e. The molecule has 1 heterocycles. The highest BCUT2D eigenvalue weighted by Gasteiger charge is 2.37. The number of rotatable bonds is 5. The second-order valence-electron chi connectivity index (χ2n) is 6.24. The number of amides is 1. The zero-order chi connectivity index (χ0) is 18.7. The topological polar surface area (TPSA) is 77.8 Å². The molecule has 0 unspecified atom stereocenters. The van der Waals surface area contributed by atoms with Crippen molar-refractivity contribution in [3.05, 3.63) is 35.4 Å². The van der Waals surface area contributed by atoms with Gasteiger partial charge < -0.3 is 15.1 Å². The minimum absolute atomic E-state index is 0.0895. The Morgan fingerprint density at radius 3 is 2.36 bits per heavy atom. The summed E-state index contributed by atoms with van der Waals surface area (Å²) in [6.45, 7) is 0.442. The van der Waals surface area contributed by atoms with Gasteiger partial charge in [0.05, 0.1) is 11.2 Å². The zero-order valence-electron chi connectivity index (χ0n) is 13.6. The molecule has 1 saturated heterocycles. The van der Waals surface area contributed by atoms with E-state index in [1.807, 2.05) is 0 Å². The standard InChI is InChI=1S/C17H20F3NO4/c18-17(19,20)13-4-1-3-12(11-13)16(25)7-9-21(10-8-16)14(22)5-2-6-15(23)24/h1,3-4,11,25H,2,5-10H2,(H,23,24). The fraction of sp³-hybridized carbons (Fsp3) is 0.529. The summed E-state index contributed by atoms with van der Waals surface area (Å²) >= 11 is 0. The first-order valence-corrected chi connectivity index (χ1v) is 8.01. The molecule has 0 radical (unpaired) electrons. The molecule has 0 bridgehead atoms. The Labute approximate surface area is 143 Å². The molecule has 1 amide bonds. The lowest BCUT2D eigenvalue weighted by Crippen LogP contribution is -2.45. The summed E-state index contributed by atoms with van der Waals surface area (Å²) in [5, 5.41) is 19.3. The van der Waals surface area contributed by atoms with Gasteiger partial charge >= 0.3 is 12.1 Å². The number of carboxylic acids is 1. The molecule has 1 fully saturated rings. The van der Waals surface area contributed by atoms with Gasteiger partial charge in [0.2, 0.25) is 5.91 Å². The molecule has 1 aliphatic heterocycles. The van der Waals surface area contributed by atoms with Crippen LogP contribution >= 0.6 is 0 Å². The van der Waals surface area contributed by atoms with Gasteiger partial charge in [-0.15, -0.1) is 0 Å². The van der Waals surface area contributed by atoms with E-state index in [1.165, 1.54) is 17.0 Å². The van der Waals surface area contributed by atoms with Crippen LogP contribution in [0, 0.1) is 0 Å². The molecule has 1 aromatic rings. The van der Waals surface area contributed by atoms with E-state index in [0.717, 1.165) is 12.1 Å². The SMILES string of the molecule is O=C(O)CCCC(=O)N1CCC(O)(c2cccc(C(F)(F)F)c2)CC1. The highest BCUT2D eigenvalue weighted by atomic mass is 19.4. The second kappa shape index (κ2) is 7.43. The monoisotopic (exact) mass is 359 g/mol. The van der Waals surface area contributed by atoms with Crippen LogP contribution in [0.25, 0.3) is 0 Å². The molecule has 5 nitrogen and oxygen atoms in total. The summed E-state index contributed by atoms with van der Waals surface area (Å²) < 4.78 is 38.5. The van der Waals surface area contributed by atoms with Crippen LogP contribution in [-0.2, 0) is 21.4 Å². The Morgan fingerprint density at radius 2 is 1.80 bits per heavy atom. The summed E-state index contributed by atoms with van der Waals surface area (Å²) in [4.78, 5) is 24.0. The molecule has 8 heteroatoms. The number of piperidine rings is 1. The number of aliphatic hydroxyl groups is 1. The molecule has 1 aliphatic rings. The van der Waals surface area contributed by atoms with Gasteiger partial charge in [-0.2, -0.15) is 13.2 Å². The summed E-state index contributed by atoms with van der Waals surface area (Å²) in [6.07, 6.45) is -3.95. The third-order valence-electron chi connectivity index (χ3n) is 4.45. The average Bonchev–Trinajstić information content (AvgIpc) is 2.54. The Hall–Kier alpha value is -2.09. The number of carbonyl (C=O) groups excluding carboxylic acids is 1. The van der Waals surface area contributed by atoms with Crippen molar-refractivity contribution in [3.63, 3.8) is 0 Å². The number of carboxylic acid groups (broad SMARTS) is 1. The molecule has 1 aromatic carbocycles. The Kier molecular flexibility index (Phi) is 5.72. The number of carbonyl (C=O) groups is 2. The van der Waals surface area contributed by atoms with Gasteiger partial charge in [0, 0.05) is 25.9 Å². The predicted octanol–water partition coefficient (Wildman–Crippen LogP) is 2.77. The van der Waals surface area contributed by atoms with E-state index in [1.54, 1.807) is 0 Å². The van der Waals surface area contributed by atoms with E-state index < -0.39 is 23.3 Å². The fourth-order valence-corrected chi connectivity index (χ4v) is 2.95. The molecule has 0 saturated carbocycles. The van der Waals surface area contributed by atoms with Crippen LogP contribution in [0.4, 0.5) is 13.2 Å². The minimum atomic E-state index is -4.48. The van der Waals surface area contributed by atoms with E-state index in [2.05, 4.69) is 0 Å². The molecule has 138 valence electrons. The van der Waals surface area contributed by atoms with Crippen molar-refractivity contribution in [2.45, 2.75) is 43.9 Å². The van der Waals surface area contributed by atoms with Crippen LogP contribution in [0.2, 0.25) is 0 Å². The molecular weight excluding hydrogens is 339 g/mol. The van der Waals surface area contributed by atoms with Crippen LogP contribution in [0.3, 0.4) is 0 Å². The number of hydrogen-bond donors (Lipinski definition) is 2. The Bertz CT molecular complexity index is 637. The van der Waals surface area contributed by atoms with Gasteiger partial charge in [-0.05, 0) is 37.0 Å². The zero-order valence-corrected chi connectivity index (χ0v) is 13.6. The van der Waals surface area contributed by atoms with Crippen LogP contribution < -0.4 is 0 Å².